The Morgan fingerprint density at radius 3 is 2.67 bits per heavy atom. The summed E-state index contributed by atoms with van der Waals surface area (Å²) in [5.41, 5.74) is -0.371. The fourth-order valence-electron chi connectivity index (χ4n) is 2.83. The molecular weight excluding hydrogens is 420 g/mol. The molecule has 1 saturated heterocycles. The summed E-state index contributed by atoms with van der Waals surface area (Å²) >= 11 is 3.32. The zero-order valence-electron chi connectivity index (χ0n) is 15.3. The maximum atomic E-state index is 12.4. The lowest BCUT2D eigenvalue weighted by molar-refractivity contribution is -0.385. The van der Waals surface area contributed by atoms with Crippen LogP contribution in [0, 0.1) is 21.4 Å². The van der Waals surface area contributed by atoms with Crippen LogP contribution in [-0.2, 0) is 4.74 Å². The van der Waals surface area contributed by atoms with Gasteiger partial charge in [0.25, 0.3) is 5.69 Å². The maximum absolute atomic E-state index is 12.4. The van der Waals surface area contributed by atoms with E-state index < -0.39 is 22.7 Å². The highest BCUT2D eigenvalue weighted by molar-refractivity contribution is 9.10. The van der Waals surface area contributed by atoms with Crippen molar-refractivity contribution in [2.75, 3.05) is 31.1 Å². The molecule has 0 spiro atoms. The Balaban J connectivity index is 2.25. The summed E-state index contributed by atoms with van der Waals surface area (Å²) in [5, 5.41) is 30.0. The summed E-state index contributed by atoms with van der Waals surface area (Å²) in [7, 11) is 0. The second-order valence-electron chi connectivity index (χ2n) is 7.15. The summed E-state index contributed by atoms with van der Waals surface area (Å²) in [6, 6.07) is 4.08. The highest BCUT2D eigenvalue weighted by Gasteiger charge is 2.34. The highest BCUT2D eigenvalue weighted by Crippen LogP contribution is 2.34. The lowest BCUT2D eigenvalue weighted by Gasteiger charge is -2.42. The van der Waals surface area contributed by atoms with Gasteiger partial charge in [0.15, 0.2) is 0 Å². The molecule has 27 heavy (non-hydrogen) atoms. The van der Waals surface area contributed by atoms with Crippen molar-refractivity contribution in [2.24, 2.45) is 0 Å². The number of nitro benzene ring substituents is 1. The number of piperazine rings is 1. The predicted molar refractivity (Wildman–Crippen MR) is 102 cm³/mol. The van der Waals surface area contributed by atoms with E-state index in [4.69, 9.17) is 4.74 Å². The molecule has 0 bridgehead atoms. The van der Waals surface area contributed by atoms with Crippen molar-refractivity contribution >= 4 is 33.4 Å². The van der Waals surface area contributed by atoms with Crippen molar-refractivity contribution in [1.82, 2.24) is 4.90 Å². The molecule has 0 radical (unpaired) electrons. The topological polar surface area (TPSA) is 120 Å². The van der Waals surface area contributed by atoms with Crippen LogP contribution in [0.1, 0.15) is 26.3 Å². The molecule has 1 atom stereocenters. The molecule has 1 aliphatic heterocycles. The third-order valence-electron chi connectivity index (χ3n) is 4.04. The number of carbonyl (C=O) groups excluding carboxylic acids is 1. The van der Waals surface area contributed by atoms with E-state index in [0.717, 1.165) is 0 Å². The molecule has 146 valence electrons. The van der Waals surface area contributed by atoms with Crippen LogP contribution in [0.2, 0.25) is 0 Å². The van der Waals surface area contributed by atoms with Gasteiger partial charge in [0.1, 0.15) is 17.2 Å². The molecule has 1 amide bonds. The van der Waals surface area contributed by atoms with Crippen LogP contribution in [0.15, 0.2) is 16.6 Å². The zero-order chi connectivity index (χ0) is 20.4. The molecule has 2 rings (SSSR count). The molecular formula is C17H21BrN4O5. The number of hydrogen-bond donors (Lipinski definition) is 1. The summed E-state index contributed by atoms with van der Waals surface area (Å²) in [5.74, 6) is 0. The van der Waals surface area contributed by atoms with E-state index in [1.807, 2.05) is 11.0 Å². The maximum Gasteiger partial charge on any atom is 0.410 e. The number of rotatable bonds is 3. The Morgan fingerprint density at radius 1 is 1.48 bits per heavy atom. The molecule has 9 nitrogen and oxygen atoms in total. The van der Waals surface area contributed by atoms with Gasteiger partial charge in [0.05, 0.1) is 23.3 Å². The van der Waals surface area contributed by atoms with E-state index in [1.54, 1.807) is 20.8 Å². The van der Waals surface area contributed by atoms with Gasteiger partial charge in [-0.05, 0) is 42.8 Å². The minimum absolute atomic E-state index is 0.0479. The number of benzene rings is 1. The number of anilines is 1. The number of carbonyl (C=O) groups is 1. The van der Waals surface area contributed by atoms with Crippen molar-refractivity contribution in [2.45, 2.75) is 32.4 Å². The summed E-state index contributed by atoms with van der Waals surface area (Å²) < 4.78 is 5.85. The molecule has 1 heterocycles. The van der Waals surface area contributed by atoms with Crippen molar-refractivity contribution in [3.8, 4) is 6.07 Å². The lowest BCUT2D eigenvalue weighted by atomic mass is 10.1. The number of aliphatic hydroxyl groups is 1. The molecule has 1 aromatic carbocycles. The van der Waals surface area contributed by atoms with Crippen LogP contribution in [0.3, 0.4) is 0 Å². The van der Waals surface area contributed by atoms with Gasteiger partial charge in [-0.3, -0.25) is 15.0 Å². The predicted octanol–water partition coefficient (Wildman–Crippen LogP) is 2.65. The number of nitro groups is 1. The molecule has 10 heteroatoms. The van der Waals surface area contributed by atoms with Crippen molar-refractivity contribution in [3.63, 3.8) is 0 Å². The van der Waals surface area contributed by atoms with Gasteiger partial charge in [-0.15, -0.1) is 0 Å². The number of hydrogen-bond acceptors (Lipinski definition) is 7. The van der Waals surface area contributed by atoms with Gasteiger partial charge in [-0.1, -0.05) is 0 Å². The summed E-state index contributed by atoms with van der Waals surface area (Å²) in [6.07, 6.45) is -0.498. The third kappa shape index (κ3) is 4.87. The fraction of sp³-hybridized carbons (Fsp3) is 0.529. The molecule has 1 fully saturated rings. The Labute approximate surface area is 165 Å². The zero-order valence-corrected chi connectivity index (χ0v) is 16.9. The van der Waals surface area contributed by atoms with Gasteiger partial charge in [0.2, 0.25) is 0 Å². The Bertz CT molecular complexity index is 787. The first-order valence-corrected chi connectivity index (χ1v) is 9.10. The minimum Gasteiger partial charge on any atom is -0.444 e. The van der Waals surface area contributed by atoms with Crippen LogP contribution in [0.4, 0.5) is 16.2 Å². The van der Waals surface area contributed by atoms with Crippen molar-refractivity contribution < 1.29 is 19.6 Å². The van der Waals surface area contributed by atoms with Gasteiger partial charge >= 0.3 is 6.09 Å². The average Bonchev–Trinajstić information content (AvgIpc) is 2.59. The van der Waals surface area contributed by atoms with E-state index in [0.29, 0.717) is 29.8 Å². The van der Waals surface area contributed by atoms with Crippen LogP contribution >= 0.6 is 15.9 Å². The second-order valence-corrected chi connectivity index (χ2v) is 8.00. The molecule has 0 aromatic heterocycles. The second kappa shape index (κ2) is 8.10. The first-order valence-electron chi connectivity index (χ1n) is 8.31. The molecule has 1 aliphatic rings. The number of aliphatic hydroxyl groups excluding tert-OH is 1. The fourth-order valence-corrected chi connectivity index (χ4v) is 3.41. The van der Waals surface area contributed by atoms with Crippen molar-refractivity contribution in [1.29, 1.82) is 5.26 Å². The van der Waals surface area contributed by atoms with Gasteiger partial charge < -0.3 is 14.7 Å². The Hall–Kier alpha value is -2.38. The van der Waals surface area contributed by atoms with E-state index in [-0.39, 0.29) is 17.9 Å². The lowest BCUT2D eigenvalue weighted by Crippen LogP contribution is -2.57. The van der Waals surface area contributed by atoms with E-state index in [9.17, 15) is 25.3 Å². The molecule has 0 aliphatic carbocycles. The summed E-state index contributed by atoms with van der Waals surface area (Å²) in [4.78, 5) is 26.2. The third-order valence-corrected chi connectivity index (χ3v) is 4.68. The van der Waals surface area contributed by atoms with E-state index >= 15 is 0 Å². The standard InChI is InChI=1S/C17H21BrN4O5/c1-17(2,3)27-16(24)21-5-4-20(9-12(21)10-23)15-6-11(8-19)14(22(25)26)7-13(15)18/h6-7,12,23H,4-5,9-10H2,1-3H3/t12-/m0/s1. The van der Waals surface area contributed by atoms with Crippen molar-refractivity contribution in [3.05, 3.63) is 32.3 Å². The van der Waals surface area contributed by atoms with Crippen LogP contribution in [0.5, 0.6) is 0 Å². The normalized spacial score (nSPS) is 17.4. The van der Waals surface area contributed by atoms with Crippen LogP contribution in [-0.4, -0.2) is 58.9 Å². The van der Waals surface area contributed by atoms with Gasteiger partial charge in [-0.2, -0.15) is 5.26 Å². The van der Waals surface area contributed by atoms with Gasteiger partial charge in [-0.25, -0.2) is 4.79 Å². The number of nitriles is 1. The molecule has 1 aromatic rings. The first-order chi connectivity index (χ1) is 12.6. The van der Waals surface area contributed by atoms with E-state index in [1.165, 1.54) is 17.0 Å². The minimum atomic E-state index is -0.642. The van der Waals surface area contributed by atoms with E-state index in [2.05, 4.69) is 15.9 Å². The molecule has 0 unspecified atom stereocenters. The van der Waals surface area contributed by atoms with Crippen LogP contribution < -0.4 is 4.90 Å². The number of nitrogens with zero attached hydrogens (tertiary/aromatic N) is 4. The Morgan fingerprint density at radius 2 is 2.15 bits per heavy atom. The Kier molecular flexibility index (Phi) is 6.28. The monoisotopic (exact) mass is 440 g/mol. The highest BCUT2D eigenvalue weighted by atomic mass is 79.9. The first kappa shape index (κ1) is 20.9. The average molecular weight is 441 g/mol. The largest absolute Gasteiger partial charge is 0.444 e. The SMILES string of the molecule is CC(C)(C)OC(=O)N1CCN(c2cc(C#N)c([N+](=O)[O-])cc2Br)C[C@H]1CO. The molecule has 0 saturated carbocycles. The molecule has 1 N–H and O–H groups in total. The number of ether oxygens (including phenoxy) is 1. The summed E-state index contributed by atoms with van der Waals surface area (Å²) in [6.45, 7) is 6.09. The number of amides is 1. The van der Waals surface area contributed by atoms with Crippen LogP contribution in [0.25, 0.3) is 0 Å². The smallest absolute Gasteiger partial charge is 0.410 e. The quantitative estimate of drug-likeness (QED) is 0.566. The number of halogens is 1. The van der Waals surface area contributed by atoms with Gasteiger partial charge in [0, 0.05) is 30.2 Å².